The zero-order valence-electron chi connectivity index (χ0n) is 10.1. The van der Waals surface area contributed by atoms with Crippen LogP contribution in [0.15, 0.2) is 12.4 Å². The quantitative estimate of drug-likeness (QED) is 0.853. The van der Waals surface area contributed by atoms with Crippen LogP contribution in [0.3, 0.4) is 0 Å². The van der Waals surface area contributed by atoms with Gasteiger partial charge in [-0.1, -0.05) is 6.92 Å². The van der Waals surface area contributed by atoms with Gasteiger partial charge in [0, 0.05) is 25.4 Å². The third-order valence-corrected chi connectivity index (χ3v) is 3.34. The lowest BCUT2D eigenvalue weighted by Gasteiger charge is -2.41. The predicted octanol–water partition coefficient (Wildman–Crippen LogP) is 1.31. The lowest BCUT2D eigenvalue weighted by Crippen LogP contribution is -2.48. The first-order valence-corrected chi connectivity index (χ1v) is 5.72. The number of nitrogens with zero attached hydrogens (tertiary/aromatic N) is 3. The minimum Gasteiger partial charge on any atom is -0.340 e. The van der Waals surface area contributed by atoms with Crippen LogP contribution in [0.5, 0.6) is 0 Å². The van der Waals surface area contributed by atoms with Crippen LogP contribution in [-0.2, 0) is 11.3 Å². The standard InChI is InChI=1S/C12H16N4O/c1-9-3-12(4-9,8-13)11(17)16(2)7-10-5-14-15-6-10/h5-6,9H,3-4,7H2,1-2H3,(H,14,15). The molecule has 1 aliphatic carbocycles. The van der Waals surface area contributed by atoms with Gasteiger partial charge in [-0.25, -0.2) is 0 Å². The van der Waals surface area contributed by atoms with E-state index in [-0.39, 0.29) is 5.91 Å². The van der Waals surface area contributed by atoms with Crippen molar-refractivity contribution in [2.24, 2.45) is 11.3 Å². The molecule has 0 saturated heterocycles. The van der Waals surface area contributed by atoms with Crippen LogP contribution in [0.25, 0.3) is 0 Å². The molecular weight excluding hydrogens is 216 g/mol. The van der Waals surface area contributed by atoms with E-state index < -0.39 is 5.41 Å². The number of amides is 1. The summed E-state index contributed by atoms with van der Waals surface area (Å²) in [4.78, 5) is 13.8. The zero-order chi connectivity index (χ0) is 12.5. The molecule has 1 heterocycles. The number of nitrogens with one attached hydrogen (secondary N) is 1. The molecule has 1 aromatic rings. The van der Waals surface area contributed by atoms with Crippen LogP contribution >= 0.6 is 0 Å². The Morgan fingerprint density at radius 1 is 1.76 bits per heavy atom. The first kappa shape index (κ1) is 11.6. The lowest BCUT2D eigenvalue weighted by molar-refractivity contribution is -0.144. The fourth-order valence-electron chi connectivity index (χ4n) is 2.52. The second kappa shape index (κ2) is 4.21. The summed E-state index contributed by atoms with van der Waals surface area (Å²) in [6.07, 6.45) is 4.80. The number of carbonyl (C=O) groups is 1. The molecule has 0 bridgehead atoms. The summed E-state index contributed by atoms with van der Waals surface area (Å²) in [6, 6.07) is 2.19. The summed E-state index contributed by atoms with van der Waals surface area (Å²) >= 11 is 0. The molecular formula is C12H16N4O. The van der Waals surface area contributed by atoms with Crippen molar-refractivity contribution < 1.29 is 4.79 Å². The molecule has 0 aliphatic heterocycles. The molecule has 0 aromatic carbocycles. The second-order valence-corrected chi connectivity index (χ2v) is 4.98. The van der Waals surface area contributed by atoms with E-state index in [1.54, 1.807) is 24.3 Å². The predicted molar refractivity (Wildman–Crippen MR) is 61.5 cm³/mol. The van der Waals surface area contributed by atoms with Gasteiger partial charge in [-0.3, -0.25) is 9.89 Å². The first-order valence-electron chi connectivity index (χ1n) is 5.72. The maximum atomic E-state index is 12.2. The molecule has 5 nitrogen and oxygen atoms in total. The number of hydrogen-bond acceptors (Lipinski definition) is 3. The molecule has 1 saturated carbocycles. The fraction of sp³-hybridized carbons (Fsp3) is 0.583. The van der Waals surface area contributed by atoms with E-state index in [0.29, 0.717) is 25.3 Å². The number of rotatable bonds is 3. The van der Waals surface area contributed by atoms with Crippen LogP contribution < -0.4 is 0 Å². The van der Waals surface area contributed by atoms with Crippen molar-refractivity contribution in [1.29, 1.82) is 5.26 Å². The number of carbonyl (C=O) groups excluding carboxylic acids is 1. The second-order valence-electron chi connectivity index (χ2n) is 4.98. The molecule has 1 fully saturated rings. The molecule has 90 valence electrons. The normalized spacial score (nSPS) is 27.0. The summed E-state index contributed by atoms with van der Waals surface area (Å²) in [7, 11) is 1.73. The average molecular weight is 232 g/mol. The minimum absolute atomic E-state index is 0.0701. The Labute approximate surface area is 100 Å². The number of aromatic amines is 1. The third kappa shape index (κ3) is 2.03. The van der Waals surface area contributed by atoms with Gasteiger partial charge in [0.15, 0.2) is 0 Å². The highest BCUT2D eigenvalue weighted by Gasteiger charge is 2.50. The van der Waals surface area contributed by atoms with E-state index in [2.05, 4.69) is 23.2 Å². The highest BCUT2D eigenvalue weighted by Crippen LogP contribution is 2.46. The van der Waals surface area contributed by atoms with Gasteiger partial charge in [0.2, 0.25) is 5.91 Å². The van der Waals surface area contributed by atoms with Crippen molar-refractivity contribution in [3.05, 3.63) is 18.0 Å². The van der Waals surface area contributed by atoms with Gasteiger partial charge in [0.25, 0.3) is 0 Å². The Balaban J connectivity index is 2.02. The monoisotopic (exact) mass is 232 g/mol. The third-order valence-electron chi connectivity index (χ3n) is 3.34. The van der Waals surface area contributed by atoms with E-state index in [1.165, 1.54) is 0 Å². The van der Waals surface area contributed by atoms with Crippen LogP contribution in [0.4, 0.5) is 0 Å². The molecule has 5 heteroatoms. The first-order chi connectivity index (χ1) is 8.07. The lowest BCUT2D eigenvalue weighted by atomic mass is 9.63. The Bertz CT molecular complexity index is 440. The Morgan fingerprint density at radius 2 is 2.47 bits per heavy atom. The van der Waals surface area contributed by atoms with Crippen LogP contribution in [0.2, 0.25) is 0 Å². The summed E-state index contributed by atoms with van der Waals surface area (Å²) in [6.45, 7) is 2.56. The highest BCUT2D eigenvalue weighted by atomic mass is 16.2. The molecule has 1 aliphatic rings. The van der Waals surface area contributed by atoms with Crippen LogP contribution in [-0.4, -0.2) is 28.1 Å². The van der Waals surface area contributed by atoms with Gasteiger partial charge in [-0.05, 0) is 18.8 Å². The van der Waals surface area contributed by atoms with E-state index in [1.807, 2.05) is 0 Å². The van der Waals surface area contributed by atoms with Gasteiger partial charge < -0.3 is 4.90 Å². The Morgan fingerprint density at radius 3 is 2.94 bits per heavy atom. The van der Waals surface area contributed by atoms with Gasteiger partial charge in [-0.2, -0.15) is 10.4 Å². The largest absolute Gasteiger partial charge is 0.340 e. The maximum absolute atomic E-state index is 12.2. The molecule has 0 atom stereocenters. The minimum atomic E-state index is -0.780. The molecule has 1 N–H and O–H groups in total. The van der Waals surface area contributed by atoms with E-state index in [0.717, 1.165) is 5.56 Å². The smallest absolute Gasteiger partial charge is 0.243 e. The van der Waals surface area contributed by atoms with E-state index in [4.69, 9.17) is 0 Å². The number of aromatic nitrogens is 2. The topological polar surface area (TPSA) is 72.8 Å². The summed E-state index contributed by atoms with van der Waals surface area (Å²) in [5.41, 5.74) is 0.166. The van der Waals surface area contributed by atoms with E-state index in [9.17, 15) is 10.1 Å². The highest BCUT2D eigenvalue weighted by molar-refractivity contribution is 5.86. The van der Waals surface area contributed by atoms with Crippen molar-refractivity contribution in [1.82, 2.24) is 15.1 Å². The van der Waals surface area contributed by atoms with Gasteiger partial charge >= 0.3 is 0 Å². The summed E-state index contributed by atoms with van der Waals surface area (Å²) in [5, 5.41) is 15.7. The molecule has 0 unspecified atom stereocenters. The number of H-pyrrole nitrogens is 1. The maximum Gasteiger partial charge on any atom is 0.243 e. The Kier molecular flexibility index (Phi) is 2.88. The van der Waals surface area contributed by atoms with Gasteiger partial charge in [0.1, 0.15) is 5.41 Å². The van der Waals surface area contributed by atoms with Gasteiger partial charge in [0.05, 0.1) is 12.3 Å². The zero-order valence-corrected chi connectivity index (χ0v) is 10.1. The molecule has 0 radical (unpaired) electrons. The molecule has 1 aromatic heterocycles. The Hall–Kier alpha value is -1.83. The van der Waals surface area contributed by atoms with Crippen LogP contribution in [0.1, 0.15) is 25.3 Å². The van der Waals surface area contributed by atoms with E-state index >= 15 is 0 Å². The van der Waals surface area contributed by atoms with Gasteiger partial charge in [-0.15, -0.1) is 0 Å². The van der Waals surface area contributed by atoms with Crippen molar-refractivity contribution in [2.45, 2.75) is 26.3 Å². The van der Waals surface area contributed by atoms with Crippen LogP contribution in [0, 0.1) is 22.7 Å². The molecule has 2 rings (SSSR count). The van der Waals surface area contributed by atoms with Crippen molar-refractivity contribution >= 4 is 5.91 Å². The molecule has 17 heavy (non-hydrogen) atoms. The average Bonchev–Trinajstić information content (AvgIpc) is 2.76. The van der Waals surface area contributed by atoms with Crippen molar-refractivity contribution in [3.63, 3.8) is 0 Å². The summed E-state index contributed by atoms with van der Waals surface area (Å²) < 4.78 is 0. The summed E-state index contributed by atoms with van der Waals surface area (Å²) in [5.74, 6) is 0.403. The van der Waals surface area contributed by atoms with Crippen molar-refractivity contribution in [2.75, 3.05) is 7.05 Å². The van der Waals surface area contributed by atoms with Crippen molar-refractivity contribution in [3.8, 4) is 6.07 Å². The number of hydrogen-bond donors (Lipinski definition) is 1. The molecule has 1 amide bonds. The molecule has 0 spiro atoms. The number of nitriles is 1. The SMILES string of the molecule is CC1CC(C#N)(C(=O)N(C)Cc2cn[nH]c2)C1. The fourth-order valence-corrected chi connectivity index (χ4v) is 2.52.